The summed E-state index contributed by atoms with van der Waals surface area (Å²) in [5.41, 5.74) is -0.578. The number of hydrogen-bond acceptors (Lipinski definition) is 5. The first-order valence-electron chi connectivity index (χ1n) is 10.9. The standard InChI is InChI=1S/C23H25F3N4O3/c24-23(25,26)18-7-3-9-27-20(18)30-10-4-5-16(15-30)21(32)28-11-13-29(14-12-28)22(33)17-6-1-2-8-19(17)31/h1-3,6-9,16,31H,4-5,10-15H2. The van der Waals surface area contributed by atoms with Crippen molar-refractivity contribution in [2.24, 2.45) is 5.92 Å². The number of rotatable bonds is 3. The number of benzene rings is 1. The maximum atomic E-state index is 13.4. The van der Waals surface area contributed by atoms with Gasteiger partial charge >= 0.3 is 6.18 Å². The van der Waals surface area contributed by atoms with Crippen molar-refractivity contribution >= 4 is 17.6 Å². The van der Waals surface area contributed by atoms with Gasteiger partial charge < -0.3 is 19.8 Å². The van der Waals surface area contributed by atoms with Crippen molar-refractivity contribution in [1.29, 1.82) is 0 Å². The van der Waals surface area contributed by atoms with Crippen molar-refractivity contribution in [3.8, 4) is 5.75 Å². The maximum absolute atomic E-state index is 13.4. The molecule has 0 saturated carbocycles. The number of aromatic hydroxyl groups is 1. The molecule has 2 aliphatic heterocycles. The molecule has 2 aromatic rings. The van der Waals surface area contributed by atoms with Gasteiger partial charge in [0.05, 0.1) is 17.0 Å². The second-order valence-corrected chi connectivity index (χ2v) is 8.29. The van der Waals surface area contributed by atoms with Crippen LogP contribution in [-0.2, 0) is 11.0 Å². The van der Waals surface area contributed by atoms with Crippen LogP contribution in [-0.4, -0.2) is 71.0 Å². The smallest absolute Gasteiger partial charge is 0.419 e. The van der Waals surface area contributed by atoms with Crippen LogP contribution in [0.1, 0.15) is 28.8 Å². The summed E-state index contributed by atoms with van der Waals surface area (Å²) in [5, 5.41) is 9.92. The summed E-state index contributed by atoms with van der Waals surface area (Å²) in [5.74, 6) is -1.06. The minimum absolute atomic E-state index is 0.0870. The third kappa shape index (κ3) is 4.89. The molecule has 7 nitrogen and oxygen atoms in total. The molecule has 33 heavy (non-hydrogen) atoms. The molecule has 1 unspecified atom stereocenters. The predicted octanol–water partition coefficient (Wildman–Crippen LogP) is 3.01. The Hall–Kier alpha value is -3.30. The number of carbonyl (C=O) groups excluding carboxylic acids is 2. The molecule has 0 radical (unpaired) electrons. The molecular weight excluding hydrogens is 437 g/mol. The van der Waals surface area contributed by atoms with Crippen molar-refractivity contribution in [2.45, 2.75) is 19.0 Å². The average Bonchev–Trinajstić information content (AvgIpc) is 2.83. The Balaban J connectivity index is 1.39. The van der Waals surface area contributed by atoms with E-state index in [9.17, 15) is 27.9 Å². The summed E-state index contributed by atoms with van der Waals surface area (Å²) in [4.78, 5) is 34.6. The van der Waals surface area contributed by atoms with E-state index in [1.807, 2.05) is 0 Å². The number of pyridine rings is 1. The van der Waals surface area contributed by atoms with Crippen LogP contribution in [0.5, 0.6) is 5.75 Å². The molecular formula is C23H25F3N4O3. The number of piperidine rings is 1. The van der Waals surface area contributed by atoms with Crippen molar-refractivity contribution in [3.05, 3.63) is 53.7 Å². The summed E-state index contributed by atoms with van der Waals surface area (Å²) in [6, 6.07) is 8.59. The fraction of sp³-hybridized carbons (Fsp3) is 0.435. The molecule has 2 saturated heterocycles. The second-order valence-electron chi connectivity index (χ2n) is 8.29. The Labute approximate surface area is 189 Å². The van der Waals surface area contributed by atoms with Crippen LogP contribution in [0.15, 0.2) is 42.6 Å². The van der Waals surface area contributed by atoms with Crippen molar-refractivity contribution < 1.29 is 27.9 Å². The Morgan fingerprint density at radius 2 is 1.67 bits per heavy atom. The van der Waals surface area contributed by atoms with Gasteiger partial charge in [-0.05, 0) is 37.1 Å². The van der Waals surface area contributed by atoms with Gasteiger partial charge in [-0.25, -0.2) is 4.98 Å². The normalized spacial score (nSPS) is 19.5. The topological polar surface area (TPSA) is 77.0 Å². The molecule has 2 amide bonds. The maximum Gasteiger partial charge on any atom is 0.419 e. The van der Waals surface area contributed by atoms with E-state index in [1.54, 1.807) is 32.9 Å². The molecule has 4 rings (SSSR count). The lowest BCUT2D eigenvalue weighted by Crippen LogP contribution is -2.53. The zero-order valence-electron chi connectivity index (χ0n) is 18.0. The van der Waals surface area contributed by atoms with Crippen LogP contribution in [0.2, 0.25) is 0 Å². The molecule has 0 spiro atoms. The zero-order valence-corrected chi connectivity index (χ0v) is 18.0. The molecule has 3 heterocycles. The van der Waals surface area contributed by atoms with Crippen LogP contribution < -0.4 is 4.90 Å². The number of phenols is 1. The quantitative estimate of drug-likeness (QED) is 0.759. The van der Waals surface area contributed by atoms with E-state index in [2.05, 4.69) is 4.98 Å². The molecule has 0 bridgehead atoms. The minimum Gasteiger partial charge on any atom is -0.507 e. The summed E-state index contributed by atoms with van der Waals surface area (Å²) in [6.07, 6.45) is -2.00. The van der Waals surface area contributed by atoms with Gasteiger partial charge in [0, 0.05) is 45.5 Å². The van der Waals surface area contributed by atoms with Crippen LogP contribution in [0.25, 0.3) is 0 Å². The van der Waals surface area contributed by atoms with Crippen LogP contribution in [0.3, 0.4) is 0 Å². The number of para-hydroxylation sites is 1. The van der Waals surface area contributed by atoms with Gasteiger partial charge in [-0.2, -0.15) is 13.2 Å². The highest BCUT2D eigenvalue weighted by molar-refractivity contribution is 5.97. The summed E-state index contributed by atoms with van der Waals surface area (Å²) in [6.45, 7) is 1.92. The largest absolute Gasteiger partial charge is 0.507 e. The van der Waals surface area contributed by atoms with Gasteiger partial charge in [-0.3, -0.25) is 9.59 Å². The van der Waals surface area contributed by atoms with Gasteiger partial charge in [0.25, 0.3) is 5.91 Å². The fourth-order valence-corrected chi connectivity index (χ4v) is 4.45. The van der Waals surface area contributed by atoms with Crippen molar-refractivity contribution in [1.82, 2.24) is 14.8 Å². The highest BCUT2D eigenvalue weighted by Gasteiger charge is 2.38. The molecule has 176 valence electrons. The van der Waals surface area contributed by atoms with E-state index in [0.29, 0.717) is 45.6 Å². The van der Waals surface area contributed by atoms with Crippen LogP contribution >= 0.6 is 0 Å². The molecule has 10 heteroatoms. The highest BCUT2D eigenvalue weighted by atomic mass is 19.4. The lowest BCUT2D eigenvalue weighted by Gasteiger charge is -2.39. The van der Waals surface area contributed by atoms with Gasteiger partial charge in [0.1, 0.15) is 11.6 Å². The van der Waals surface area contributed by atoms with E-state index in [0.717, 1.165) is 6.07 Å². The first-order valence-corrected chi connectivity index (χ1v) is 10.9. The number of alkyl halides is 3. The summed E-state index contributed by atoms with van der Waals surface area (Å²) >= 11 is 0. The number of phenolic OH excluding ortho intramolecular Hbond substituents is 1. The number of piperazine rings is 1. The molecule has 1 N–H and O–H groups in total. The predicted molar refractivity (Wildman–Crippen MR) is 115 cm³/mol. The molecule has 1 aromatic carbocycles. The molecule has 2 aliphatic rings. The van der Waals surface area contributed by atoms with Crippen LogP contribution in [0, 0.1) is 5.92 Å². The summed E-state index contributed by atoms with van der Waals surface area (Å²) < 4.78 is 40.2. The zero-order chi connectivity index (χ0) is 23.6. The molecule has 0 aliphatic carbocycles. The summed E-state index contributed by atoms with van der Waals surface area (Å²) in [7, 11) is 0. The van der Waals surface area contributed by atoms with Gasteiger partial charge in [-0.1, -0.05) is 12.1 Å². The van der Waals surface area contributed by atoms with Gasteiger partial charge in [-0.15, -0.1) is 0 Å². The lowest BCUT2D eigenvalue weighted by atomic mass is 9.95. The molecule has 1 aromatic heterocycles. The number of anilines is 1. The lowest BCUT2D eigenvalue weighted by molar-refractivity contribution is -0.137. The van der Waals surface area contributed by atoms with E-state index in [4.69, 9.17) is 0 Å². The van der Waals surface area contributed by atoms with Gasteiger partial charge in [0.2, 0.25) is 5.91 Å². The number of halogens is 3. The number of hydrogen-bond donors (Lipinski definition) is 1. The third-order valence-electron chi connectivity index (χ3n) is 6.18. The first-order chi connectivity index (χ1) is 15.8. The third-order valence-corrected chi connectivity index (χ3v) is 6.18. The van der Waals surface area contributed by atoms with Crippen molar-refractivity contribution in [2.75, 3.05) is 44.2 Å². The second kappa shape index (κ2) is 9.29. The monoisotopic (exact) mass is 462 g/mol. The van der Waals surface area contributed by atoms with E-state index in [1.165, 1.54) is 18.3 Å². The SMILES string of the molecule is O=C(c1ccccc1O)N1CCN(C(=O)C2CCCN(c3ncccc3C(F)(F)F)C2)CC1. The van der Waals surface area contributed by atoms with Crippen molar-refractivity contribution in [3.63, 3.8) is 0 Å². The Morgan fingerprint density at radius 3 is 2.36 bits per heavy atom. The molecule has 2 fully saturated rings. The number of amides is 2. The Morgan fingerprint density at radius 1 is 0.970 bits per heavy atom. The Kier molecular flexibility index (Phi) is 6.44. The van der Waals surface area contributed by atoms with Crippen LogP contribution in [0.4, 0.5) is 19.0 Å². The number of carbonyl (C=O) groups is 2. The van der Waals surface area contributed by atoms with Gasteiger partial charge in [0.15, 0.2) is 0 Å². The van der Waals surface area contributed by atoms with E-state index in [-0.39, 0.29) is 35.5 Å². The van der Waals surface area contributed by atoms with E-state index < -0.39 is 17.7 Å². The number of nitrogens with zero attached hydrogens (tertiary/aromatic N) is 4. The Bertz CT molecular complexity index is 1020. The minimum atomic E-state index is -4.52. The fourth-order valence-electron chi connectivity index (χ4n) is 4.45. The highest BCUT2D eigenvalue weighted by Crippen LogP contribution is 2.36. The average molecular weight is 462 g/mol. The molecule has 1 atom stereocenters. The number of aromatic nitrogens is 1. The van der Waals surface area contributed by atoms with E-state index >= 15 is 0 Å². The first kappa shape index (κ1) is 22.9.